The van der Waals surface area contributed by atoms with Crippen molar-refractivity contribution in [2.45, 2.75) is 34.2 Å². The summed E-state index contributed by atoms with van der Waals surface area (Å²) in [6, 6.07) is 0. The van der Waals surface area contributed by atoms with Gasteiger partial charge in [-0.25, -0.2) is 4.79 Å². The van der Waals surface area contributed by atoms with Crippen molar-refractivity contribution in [1.82, 2.24) is 14.7 Å². The molecule has 0 radical (unpaired) electrons. The minimum Gasteiger partial charge on any atom is -0.478 e. The zero-order valence-electron chi connectivity index (χ0n) is 12.6. The third-order valence-corrected chi connectivity index (χ3v) is 2.91. The summed E-state index contributed by atoms with van der Waals surface area (Å²) in [5.74, 6) is 0.206. The fraction of sp³-hybridized carbons (Fsp3) is 0.714. The van der Waals surface area contributed by atoms with Gasteiger partial charge in [-0.2, -0.15) is 5.10 Å². The average Bonchev–Trinajstić information content (AvgIpc) is 2.58. The first-order valence-electron chi connectivity index (χ1n) is 6.77. The van der Waals surface area contributed by atoms with E-state index in [0.717, 1.165) is 18.8 Å². The fourth-order valence-electron chi connectivity index (χ4n) is 2.28. The van der Waals surface area contributed by atoms with Crippen LogP contribution in [0.3, 0.4) is 0 Å². The number of carboxylic acids is 1. The molecule has 0 fully saturated rings. The topological polar surface area (TPSA) is 58.4 Å². The first-order chi connectivity index (χ1) is 8.81. The van der Waals surface area contributed by atoms with Gasteiger partial charge in [0.25, 0.3) is 0 Å². The molecular weight excluding hydrogens is 242 g/mol. The van der Waals surface area contributed by atoms with Crippen LogP contribution in [0.1, 0.15) is 43.7 Å². The smallest absolute Gasteiger partial charge is 0.339 e. The number of hydrogen-bond acceptors (Lipinski definition) is 3. The van der Waals surface area contributed by atoms with Crippen molar-refractivity contribution in [2.24, 2.45) is 18.9 Å². The second kappa shape index (κ2) is 6.70. The number of nitrogens with zero attached hydrogens (tertiary/aromatic N) is 3. The summed E-state index contributed by atoms with van der Waals surface area (Å²) < 4.78 is 1.66. The Morgan fingerprint density at radius 1 is 1.32 bits per heavy atom. The van der Waals surface area contributed by atoms with Gasteiger partial charge >= 0.3 is 5.97 Å². The first kappa shape index (κ1) is 15.7. The highest BCUT2D eigenvalue weighted by Gasteiger charge is 2.19. The van der Waals surface area contributed by atoms with Gasteiger partial charge in [0, 0.05) is 26.7 Å². The van der Waals surface area contributed by atoms with Crippen LogP contribution < -0.4 is 0 Å². The Balaban J connectivity index is 2.88. The minimum absolute atomic E-state index is 0.306. The van der Waals surface area contributed by atoms with E-state index < -0.39 is 5.97 Å². The van der Waals surface area contributed by atoms with Crippen molar-refractivity contribution in [2.75, 3.05) is 13.1 Å². The fourth-order valence-corrected chi connectivity index (χ4v) is 2.28. The molecule has 0 aliphatic heterocycles. The predicted molar refractivity (Wildman–Crippen MR) is 75.1 cm³/mol. The minimum atomic E-state index is -0.905. The zero-order valence-corrected chi connectivity index (χ0v) is 12.6. The average molecular weight is 267 g/mol. The van der Waals surface area contributed by atoms with Gasteiger partial charge in [0.1, 0.15) is 5.56 Å². The molecule has 0 unspecified atom stereocenters. The van der Waals surface area contributed by atoms with Gasteiger partial charge in [-0.1, -0.05) is 27.7 Å². The summed E-state index contributed by atoms with van der Waals surface area (Å²) in [4.78, 5) is 13.5. The molecule has 19 heavy (non-hydrogen) atoms. The van der Waals surface area contributed by atoms with Gasteiger partial charge in [0.05, 0.1) is 11.9 Å². The Labute approximate surface area is 115 Å². The molecule has 1 heterocycles. The maximum atomic E-state index is 11.2. The maximum absolute atomic E-state index is 11.2. The maximum Gasteiger partial charge on any atom is 0.339 e. The number of aromatic nitrogens is 2. The van der Waals surface area contributed by atoms with Crippen LogP contribution in [-0.2, 0) is 13.6 Å². The SMILES string of the molecule is CC(C)CN(Cc1c(C(=O)O)cnn1C)CC(C)C. The predicted octanol–water partition coefficient (Wildman–Crippen LogP) is 2.23. The van der Waals surface area contributed by atoms with Crippen molar-refractivity contribution in [3.63, 3.8) is 0 Å². The number of aromatic carboxylic acids is 1. The Bertz CT molecular complexity index is 414. The summed E-state index contributed by atoms with van der Waals surface area (Å²) in [5, 5.41) is 13.2. The third-order valence-electron chi connectivity index (χ3n) is 2.91. The summed E-state index contributed by atoms with van der Waals surface area (Å²) in [7, 11) is 1.80. The van der Waals surface area contributed by atoms with Gasteiger partial charge < -0.3 is 5.11 Å². The van der Waals surface area contributed by atoms with Gasteiger partial charge in [-0.05, 0) is 11.8 Å². The molecule has 1 N–H and O–H groups in total. The lowest BCUT2D eigenvalue weighted by atomic mass is 10.1. The molecule has 0 saturated carbocycles. The highest BCUT2D eigenvalue weighted by molar-refractivity contribution is 5.88. The number of carboxylic acid groups (broad SMARTS) is 1. The van der Waals surface area contributed by atoms with Crippen LogP contribution >= 0.6 is 0 Å². The van der Waals surface area contributed by atoms with E-state index in [9.17, 15) is 9.90 Å². The molecule has 0 bridgehead atoms. The third kappa shape index (κ3) is 4.67. The van der Waals surface area contributed by atoms with E-state index in [1.54, 1.807) is 11.7 Å². The molecule has 0 aromatic carbocycles. The summed E-state index contributed by atoms with van der Waals surface area (Å²) in [6.45, 7) is 11.3. The molecule has 0 saturated heterocycles. The van der Waals surface area contributed by atoms with Gasteiger partial charge in [0.15, 0.2) is 0 Å². The Hall–Kier alpha value is -1.36. The lowest BCUT2D eigenvalue weighted by Gasteiger charge is -2.26. The van der Waals surface area contributed by atoms with Crippen LogP contribution in [-0.4, -0.2) is 38.8 Å². The molecule has 5 nitrogen and oxygen atoms in total. The number of aryl methyl sites for hydroxylation is 1. The summed E-state index contributed by atoms with van der Waals surface area (Å²) in [6.07, 6.45) is 1.43. The van der Waals surface area contributed by atoms with E-state index in [1.165, 1.54) is 6.20 Å². The number of rotatable bonds is 7. The molecule has 108 valence electrons. The normalized spacial score (nSPS) is 11.8. The van der Waals surface area contributed by atoms with Crippen LogP contribution in [0.25, 0.3) is 0 Å². The van der Waals surface area contributed by atoms with E-state index >= 15 is 0 Å². The summed E-state index contributed by atoms with van der Waals surface area (Å²) >= 11 is 0. The van der Waals surface area contributed by atoms with E-state index in [-0.39, 0.29) is 0 Å². The van der Waals surface area contributed by atoms with Crippen molar-refractivity contribution in [1.29, 1.82) is 0 Å². The second-order valence-electron chi connectivity index (χ2n) is 5.92. The number of hydrogen-bond donors (Lipinski definition) is 1. The lowest BCUT2D eigenvalue weighted by molar-refractivity contribution is 0.0694. The van der Waals surface area contributed by atoms with Crippen LogP contribution in [0.15, 0.2) is 6.20 Å². The van der Waals surface area contributed by atoms with E-state index in [4.69, 9.17) is 0 Å². The summed E-state index contributed by atoms with van der Waals surface area (Å²) in [5.41, 5.74) is 1.08. The monoisotopic (exact) mass is 267 g/mol. The Morgan fingerprint density at radius 3 is 2.26 bits per heavy atom. The molecule has 0 aliphatic carbocycles. The first-order valence-corrected chi connectivity index (χ1v) is 6.77. The van der Waals surface area contributed by atoms with Crippen molar-refractivity contribution in [3.05, 3.63) is 17.5 Å². The molecule has 0 amide bonds. The van der Waals surface area contributed by atoms with Gasteiger partial charge in [-0.15, -0.1) is 0 Å². The Morgan fingerprint density at radius 2 is 1.84 bits per heavy atom. The quantitative estimate of drug-likeness (QED) is 0.823. The molecule has 5 heteroatoms. The van der Waals surface area contributed by atoms with E-state index in [0.29, 0.717) is 23.9 Å². The highest BCUT2D eigenvalue weighted by Crippen LogP contribution is 2.13. The lowest BCUT2D eigenvalue weighted by Crippen LogP contribution is -2.32. The largest absolute Gasteiger partial charge is 0.478 e. The van der Waals surface area contributed by atoms with Gasteiger partial charge in [-0.3, -0.25) is 9.58 Å². The molecular formula is C14H25N3O2. The van der Waals surface area contributed by atoms with Crippen molar-refractivity contribution < 1.29 is 9.90 Å². The molecule has 0 spiro atoms. The Kier molecular flexibility index (Phi) is 5.54. The zero-order chi connectivity index (χ0) is 14.6. The van der Waals surface area contributed by atoms with Crippen LogP contribution in [0, 0.1) is 11.8 Å². The molecule has 1 rings (SSSR count). The van der Waals surface area contributed by atoms with Crippen molar-refractivity contribution in [3.8, 4) is 0 Å². The van der Waals surface area contributed by atoms with E-state index in [2.05, 4.69) is 37.7 Å². The molecule has 1 aromatic heterocycles. The van der Waals surface area contributed by atoms with Crippen molar-refractivity contribution >= 4 is 5.97 Å². The second-order valence-corrected chi connectivity index (χ2v) is 5.92. The van der Waals surface area contributed by atoms with E-state index in [1.807, 2.05) is 0 Å². The van der Waals surface area contributed by atoms with Crippen LogP contribution in [0.5, 0.6) is 0 Å². The van der Waals surface area contributed by atoms with Crippen LogP contribution in [0.2, 0.25) is 0 Å². The standard InChI is InChI=1S/C14H25N3O2/c1-10(2)7-17(8-11(3)4)9-13-12(14(18)19)6-15-16(13)5/h6,10-11H,7-9H2,1-5H3,(H,18,19). The molecule has 1 aromatic rings. The molecule has 0 aliphatic rings. The number of carbonyl (C=O) groups is 1. The molecule has 0 atom stereocenters. The van der Waals surface area contributed by atoms with Gasteiger partial charge in [0.2, 0.25) is 0 Å². The van der Waals surface area contributed by atoms with Crippen LogP contribution in [0.4, 0.5) is 0 Å². The highest BCUT2D eigenvalue weighted by atomic mass is 16.4.